The molecule has 2 aromatic carbocycles. The molecule has 0 unspecified atom stereocenters. The molecule has 120 valence electrons. The topological polar surface area (TPSA) is 68.1 Å². The van der Waals surface area contributed by atoms with E-state index in [-0.39, 0.29) is 10.6 Å². The second-order valence-corrected chi connectivity index (χ2v) is 6.02. The first-order chi connectivity index (χ1) is 11.7. The van der Waals surface area contributed by atoms with Crippen molar-refractivity contribution in [2.24, 2.45) is 0 Å². The van der Waals surface area contributed by atoms with Crippen LogP contribution in [0.2, 0.25) is 0 Å². The van der Waals surface area contributed by atoms with Gasteiger partial charge in [-0.25, -0.2) is 0 Å². The Bertz CT molecular complexity index is 840. The number of aromatic nitrogens is 1. The Morgan fingerprint density at radius 1 is 1.00 bits per heavy atom. The van der Waals surface area contributed by atoms with Crippen LogP contribution in [-0.4, -0.2) is 9.91 Å². The summed E-state index contributed by atoms with van der Waals surface area (Å²) in [5.74, 6) is 0. The molecule has 5 nitrogen and oxygen atoms in total. The molecule has 6 heteroatoms. The van der Waals surface area contributed by atoms with Gasteiger partial charge in [0.2, 0.25) is 0 Å². The van der Waals surface area contributed by atoms with Gasteiger partial charge in [0.25, 0.3) is 5.69 Å². The zero-order chi connectivity index (χ0) is 16.8. The average molecular weight is 337 g/mol. The van der Waals surface area contributed by atoms with Crippen LogP contribution in [0.3, 0.4) is 0 Å². The Morgan fingerprint density at radius 2 is 1.79 bits per heavy atom. The predicted molar refractivity (Wildman–Crippen MR) is 95.5 cm³/mol. The molecule has 0 aliphatic heterocycles. The summed E-state index contributed by atoms with van der Waals surface area (Å²) < 4.78 is 3.19. The fourth-order valence-corrected chi connectivity index (χ4v) is 3.08. The molecule has 0 fully saturated rings. The van der Waals surface area contributed by atoms with E-state index in [1.165, 1.54) is 18.0 Å². The van der Waals surface area contributed by atoms with Crippen LogP contribution < -0.4 is 4.72 Å². The number of para-hydroxylation sites is 1. The Kier molecular flexibility index (Phi) is 5.20. The van der Waals surface area contributed by atoms with E-state index in [2.05, 4.69) is 15.8 Å². The van der Waals surface area contributed by atoms with Crippen LogP contribution in [0.4, 0.5) is 5.69 Å². The van der Waals surface area contributed by atoms with Crippen LogP contribution in [0.1, 0.15) is 5.56 Å². The molecular weight excluding hydrogens is 322 g/mol. The number of nitrogens with zero attached hydrogens (tertiary/aromatic N) is 2. The summed E-state index contributed by atoms with van der Waals surface area (Å²) in [6.45, 7) is 0.607. The largest absolute Gasteiger partial charge is 0.284 e. The standard InChI is InChI=1S/C18H15N3O2S/c22-21(23)17-6-1-2-7-18(17)24-20-13-14-4-3-5-16(12-14)15-8-10-19-11-9-15/h1-12,20H,13H2. The number of hydrogen-bond donors (Lipinski definition) is 1. The zero-order valence-electron chi connectivity index (χ0n) is 12.8. The van der Waals surface area contributed by atoms with Crippen molar-refractivity contribution in [3.63, 3.8) is 0 Å². The van der Waals surface area contributed by atoms with Gasteiger partial charge < -0.3 is 0 Å². The van der Waals surface area contributed by atoms with E-state index in [4.69, 9.17) is 0 Å². The Labute approximate surface area is 144 Å². The maximum absolute atomic E-state index is 11.0. The molecular formula is C18H15N3O2S. The first-order valence-electron chi connectivity index (χ1n) is 7.36. The van der Waals surface area contributed by atoms with Crippen molar-refractivity contribution in [3.05, 3.63) is 88.7 Å². The van der Waals surface area contributed by atoms with Crippen LogP contribution >= 0.6 is 11.9 Å². The summed E-state index contributed by atoms with van der Waals surface area (Å²) >= 11 is 1.27. The van der Waals surface area contributed by atoms with E-state index in [0.717, 1.165) is 16.7 Å². The molecule has 0 saturated heterocycles. The van der Waals surface area contributed by atoms with Crippen LogP contribution in [0.25, 0.3) is 11.1 Å². The van der Waals surface area contributed by atoms with Gasteiger partial charge in [-0.1, -0.05) is 30.3 Å². The molecule has 0 atom stereocenters. The van der Waals surface area contributed by atoms with Gasteiger partial charge in [0.1, 0.15) is 4.90 Å². The number of pyridine rings is 1. The SMILES string of the molecule is O=[N+]([O-])c1ccccc1SNCc1cccc(-c2ccncc2)c1. The lowest BCUT2D eigenvalue weighted by molar-refractivity contribution is -0.387. The van der Waals surface area contributed by atoms with E-state index < -0.39 is 0 Å². The summed E-state index contributed by atoms with van der Waals surface area (Å²) in [6.07, 6.45) is 3.54. The molecule has 0 saturated carbocycles. The summed E-state index contributed by atoms with van der Waals surface area (Å²) in [5.41, 5.74) is 3.45. The van der Waals surface area contributed by atoms with Crippen molar-refractivity contribution in [2.75, 3.05) is 0 Å². The average Bonchev–Trinajstić information content (AvgIpc) is 2.63. The van der Waals surface area contributed by atoms with E-state index in [1.54, 1.807) is 30.6 Å². The molecule has 3 aromatic rings. The molecule has 0 radical (unpaired) electrons. The third kappa shape index (κ3) is 3.98. The molecule has 1 N–H and O–H groups in total. The minimum Gasteiger partial charge on any atom is -0.265 e. The molecule has 0 aliphatic rings. The van der Waals surface area contributed by atoms with Gasteiger partial charge in [-0.05, 0) is 52.9 Å². The van der Waals surface area contributed by atoms with E-state index in [9.17, 15) is 10.1 Å². The fourth-order valence-electron chi connectivity index (χ4n) is 2.30. The highest BCUT2D eigenvalue weighted by Gasteiger charge is 2.12. The smallest absolute Gasteiger partial charge is 0.265 e. The van der Waals surface area contributed by atoms with Crippen LogP contribution in [-0.2, 0) is 6.54 Å². The number of benzene rings is 2. The minimum absolute atomic E-state index is 0.112. The number of nitro groups is 1. The number of hydrogen-bond acceptors (Lipinski definition) is 5. The Balaban J connectivity index is 1.67. The molecule has 24 heavy (non-hydrogen) atoms. The molecule has 1 heterocycles. The number of nitro benzene ring substituents is 1. The van der Waals surface area contributed by atoms with Crippen molar-refractivity contribution in [1.82, 2.24) is 9.71 Å². The van der Waals surface area contributed by atoms with Gasteiger partial charge in [-0.3, -0.25) is 19.8 Å². The van der Waals surface area contributed by atoms with Gasteiger partial charge in [-0.15, -0.1) is 0 Å². The first-order valence-corrected chi connectivity index (χ1v) is 8.18. The highest BCUT2D eigenvalue weighted by molar-refractivity contribution is 7.97. The van der Waals surface area contributed by atoms with Crippen molar-refractivity contribution < 1.29 is 4.92 Å². The maximum Gasteiger partial charge on any atom is 0.284 e. The van der Waals surface area contributed by atoms with Crippen LogP contribution in [0, 0.1) is 10.1 Å². The lowest BCUT2D eigenvalue weighted by Gasteiger charge is -2.07. The molecule has 0 aliphatic carbocycles. The van der Waals surface area contributed by atoms with Gasteiger partial charge in [0.15, 0.2) is 0 Å². The molecule has 1 aromatic heterocycles. The molecule has 0 amide bonds. The van der Waals surface area contributed by atoms with Crippen LogP contribution in [0.5, 0.6) is 0 Å². The quantitative estimate of drug-likeness (QED) is 0.409. The van der Waals surface area contributed by atoms with Crippen LogP contribution in [0.15, 0.2) is 78.0 Å². The van der Waals surface area contributed by atoms with Crippen molar-refractivity contribution >= 4 is 17.6 Å². The molecule has 0 spiro atoms. The lowest BCUT2D eigenvalue weighted by atomic mass is 10.0. The highest BCUT2D eigenvalue weighted by Crippen LogP contribution is 2.27. The van der Waals surface area contributed by atoms with Crippen molar-refractivity contribution in [1.29, 1.82) is 0 Å². The maximum atomic E-state index is 11.0. The highest BCUT2D eigenvalue weighted by atomic mass is 32.2. The predicted octanol–water partition coefficient (Wildman–Crippen LogP) is 4.45. The van der Waals surface area contributed by atoms with E-state index in [0.29, 0.717) is 11.4 Å². The van der Waals surface area contributed by atoms with Crippen molar-refractivity contribution in [2.45, 2.75) is 11.4 Å². The van der Waals surface area contributed by atoms with E-state index >= 15 is 0 Å². The number of rotatable bonds is 6. The second-order valence-electron chi connectivity index (χ2n) is 5.08. The molecule has 3 rings (SSSR count). The Morgan fingerprint density at radius 3 is 2.58 bits per heavy atom. The minimum atomic E-state index is -0.367. The summed E-state index contributed by atoms with van der Waals surface area (Å²) in [5, 5.41) is 11.0. The second kappa shape index (κ2) is 7.72. The van der Waals surface area contributed by atoms with Gasteiger partial charge in [0, 0.05) is 25.0 Å². The lowest BCUT2D eigenvalue weighted by Crippen LogP contribution is -2.04. The summed E-state index contributed by atoms with van der Waals surface area (Å²) in [7, 11) is 0. The summed E-state index contributed by atoms with van der Waals surface area (Å²) in [4.78, 5) is 15.3. The van der Waals surface area contributed by atoms with E-state index in [1.807, 2.05) is 30.3 Å². The van der Waals surface area contributed by atoms with Gasteiger partial charge >= 0.3 is 0 Å². The molecule has 0 bridgehead atoms. The Hall–Kier alpha value is -2.70. The van der Waals surface area contributed by atoms with Gasteiger partial charge in [-0.2, -0.15) is 0 Å². The monoisotopic (exact) mass is 337 g/mol. The normalized spacial score (nSPS) is 10.5. The third-order valence-corrected chi connectivity index (χ3v) is 4.31. The van der Waals surface area contributed by atoms with Gasteiger partial charge in [0.05, 0.1) is 4.92 Å². The zero-order valence-corrected chi connectivity index (χ0v) is 13.6. The number of nitrogens with one attached hydrogen (secondary N) is 1. The fraction of sp³-hybridized carbons (Fsp3) is 0.0556. The first kappa shape index (κ1) is 16.2. The van der Waals surface area contributed by atoms with Crippen molar-refractivity contribution in [3.8, 4) is 11.1 Å². The third-order valence-electron chi connectivity index (χ3n) is 3.46. The summed E-state index contributed by atoms with van der Waals surface area (Å²) in [6, 6.07) is 18.8.